The van der Waals surface area contributed by atoms with E-state index in [1.807, 2.05) is 49.6 Å². The summed E-state index contributed by atoms with van der Waals surface area (Å²) in [6.45, 7) is 0.737. The number of fused-ring (bicyclic) bond motifs is 1. The van der Waals surface area contributed by atoms with Gasteiger partial charge in [-0.1, -0.05) is 0 Å². The van der Waals surface area contributed by atoms with Crippen molar-refractivity contribution in [3.63, 3.8) is 0 Å². The average Bonchev–Trinajstić information content (AvgIpc) is 3.24. The minimum atomic E-state index is 0.566. The number of methoxy groups -OCH3 is 2. The van der Waals surface area contributed by atoms with Gasteiger partial charge >= 0.3 is 0 Å². The van der Waals surface area contributed by atoms with Crippen LogP contribution in [0.3, 0.4) is 0 Å². The fraction of sp³-hybridized carbons (Fsp3) is 0.261. The number of rotatable bonds is 8. The molecule has 0 spiro atoms. The summed E-state index contributed by atoms with van der Waals surface area (Å²) < 4.78 is 12.7. The first-order valence-corrected chi connectivity index (χ1v) is 10.5. The Bertz CT molecular complexity index is 1170. The molecule has 4 rings (SSSR count). The van der Waals surface area contributed by atoms with Crippen LogP contribution in [-0.2, 0) is 7.05 Å². The van der Waals surface area contributed by atoms with Gasteiger partial charge in [0, 0.05) is 60.8 Å². The van der Waals surface area contributed by atoms with Crippen LogP contribution in [0.15, 0.2) is 55.0 Å². The first-order valence-electron chi connectivity index (χ1n) is 9.93. The molecule has 0 fully saturated rings. The van der Waals surface area contributed by atoms with Crippen molar-refractivity contribution in [3.8, 4) is 22.8 Å². The fourth-order valence-electron chi connectivity index (χ4n) is 3.43. The van der Waals surface area contributed by atoms with E-state index in [-0.39, 0.29) is 0 Å². The van der Waals surface area contributed by atoms with Crippen LogP contribution in [0, 0.1) is 0 Å². The summed E-state index contributed by atoms with van der Waals surface area (Å²) in [5, 5.41) is 4.23. The van der Waals surface area contributed by atoms with Crippen molar-refractivity contribution >= 4 is 34.0 Å². The van der Waals surface area contributed by atoms with Crippen molar-refractivity contribution in [2.45, 2.75) is 6.42 Å². The van der Waals surface area contributed by atoms with Crippen molar-refractivity contribution < 1.29 is 9.47 Å². The minimum Gasteiger partial charge on any atom is -0.497 e. The molecule has 2 heterocycles. The van der Waals surface area contributed by atoms with Gasteiger partial charge in [-0.2, -0.15) is 5.10 Å². The first-order chi connectivity index (χ1) is 15.1. The molecule has 0 aliphatic rings. The first kappa shape index (κ1) is 20.9. The van der Waals surface area contributed by atoms with Crippen LogP contribution in [0.4, 0.5) is 11.4 Å². The third-order valence-electron chi connectivity index (χ3n) is 5.00. The highest BCUT2D eigenvalue weighted by molar-refractivity contribution is 6.17. The SMILES string of the molecule is COc1cc(OC)cc(N(CCCCl)c2ccc3ncc(-c4cnn(C)c4)nc3c2)c1. The zero-order valence-corrected chi connectivity index (χ0v) is 18.5. The summed E-state index contributed by atoms with van der Waals surface area (Å²) in [6, 6.07) is 11.9. The number of halogens is 1. The molecule has 0 amide bonds. The van der Waals surface area contributed by atoms with Crippen molar-refractivity contribution in [2.24, 2.45) is 7.05 Å². The van der Waals surface area contributed by atoms with Gasteiger partial charge in [-0.05, 0) is 24.6 Å². The van der Waals surface area contributed by atoms with E-state index in [1.54, 1.807) is 31.3 Å². The molecule has 0 saturated carbocycles. The normalized spacial score (nSPS) is 11.0. The molecule has 160 valence electrons. The second-order valence-corrected chi connectivity index (χ2v) is 7.47. The molecule has 2 aromatic carbocycles. The zero-order valence-electron chi connectivity index (χ0n) is 17.7. The van der Waals surface area contributed by atoms with Gasteiger partial charge in [0.2, 0.25) is 0 Å². The van der Waals surface area contributed by atoms with Gasteiger partial charge in [-0.3, -0.25) is 9.67 Å². The Labute approximate surface area is 186 Å². The van der Waals surface area contributed by atoms with Gasteiger partial charge in [-0.25, -0.2) is 4.98 Å². The molecule has 2 aromatic heterocycles. The molecule has 0 bridgehead atoms. The highest BCUT2D eigenvalue weighted by Crippen LogP contribution is 2.34. The van der Waals surface area contributed by atoms with E-state index in [2.05, 4.69) is 15.0 Å². The minimum absolute atomic E-state index is 0.566. The van der Waals surface area contributed by atoms with E-state index in [0.29, 0.717) is 5.88 Å². The highest BCUT2D eigenvalue weighted by Gasteiger charge is 2.14. The number of ether oxygens (including phenoxy) is 2. The molecule has 31 heavy (non-hydrogen) atoms. The summed E-state index contributed by atoms with van der Waals surface area (Å²) in [7, 11) is 5.17. The third-order valence-corrected chi connectivity index (χ3v) is 5.27. The van der Waals surface area contributed by atoms with Gasteiger partial charge in [-0.15, -0.1) is 11.6 Å². The standard InChI is InChI=1S/C23H24ClN5O2/c1-28-15-16(13-26-28)23-14-25-21-6-5-17(11-22(21)27-23)29(8-4-7-24)18-9-19(30-2)12-20(10-18)31-3/h5-6,9-15H,4,7-8H2,1-3H3. The predicted octanol–water partition coefficient (Wildman–Crippen LogP) is 4.81. The molecule has 0 aliphatic heterocycles. The van der Waals surface area contributed by atoms with E-state index in [9.17, 15) is 0 Å². The second kappa shape index (κ2) is 9.22. The van der Waals surface area contributed by atoms with Crippen LogP contribution < -0.4 is 14.4 Å². The lowest BCUT2D eigenvalue weighted by Crippen LogP contribution is -2.19. The maximum Gasteiger partial charge on any atom is 0.124 e. The van der Waals surface area contributed by atoms with Crippen molar-refractivity contribution in [1.29, 1.82) is 0 Å². The quantitative estimate of drug-likeness (QED) is 0.368. The molecule has 0 N–H and O–H groups in total. The zero-order chi connectivity index (χ0) is 21.8. The smallest absolute Gasteiger partial charge is 0.124 e. The molecular weight excluding hydrogens is 414 g/mol. The average molecular weight is 438 g/mol. The van der Waals surface area contributed by atoms with Crippen LogP contribution in [0.5, 0.6) is 11.5 Å². The van der Waals surface area contributed by atoms with Crippen molar-refractivity contribution in [1.82, 2.24) is 19.7 Å². The summed E-state index contributed by atoms with van der Waals surface area (Å²) in [4.78, 5) is 11.6. The van der Waals surface area contributed by atoms with E-state index < -0.39 is 0 Å². The maximum absolute atomic E-state index is 6.02. The molecular formula is C23H24ClN5O2. The molecule has 0 radical (unpaired) electrons. The van der Waals surface area contributed by atoms with Crippen LogP contribution in [0.25, 0.3) is 22.3 Å². The highest BCUT2D eigenvalue weighted by atomic mass is 35.5. The van der Waals surface area contributed by atoms with Crippen LogP contribution >= 0.6 is 11.6 Å². The topological polar surface area (TPSA) is 65.3 Å². The monoisotopic (exact) mass is 437 g/mol. The summed E-state index contributed by atoms with van der Waals surface area (Å²) in [5.41, 5.74) is 5.30. The lowest BCUT2D eigenvalue weighted by Gasteiger charge is -2.26. The molecule has 0 aliphatic carbocycles. The molecule has 0 unspecified atom stereocenters. The number of benzene rings is 2. The number of nitrogens with zero attached hydrogens (tertiary/aromatic N) is 5. The van der Waals surface area contributed by atoms with Crippen LogP contribution in [0.1, 0.15) is 6.42 Å². The van der Waals surface area contributed by atoms with Gasteiger partial charge < -0.3 is 14.4 Å². The van der Waals surface area contributed by atoms with E-state index in [1.165, 1.54) is 0 Å². The fourth-order valence-corrected chi connectivity index (χ4v) is 3.55. The third kappa shape index (κ3) is 4.56. The molecule has 4 aromatic rings. The maximum atomic E-state index is 6.02. The summed E-state index contributed by atoms with van der Waals surface area (Å²) in [6.07, 6.45) is 6.31. The van der Waals surface area contributed by atoms with E-state index in [4.69, 9.17) is 26.1 Å². The number of hydrogen-bond donors (Lipinski definition) is 0. The molecule has 0 atom stereocenters. The van der Waals surface area contributed by atoms with Crippen LogP contribution in [0.2, 0.25) is 0 Å². The summed E-state index contributed by atoms with van der Waals surface area (Å²) in [5.74, 6) is 2.02. The molecule has 0 saturated heterocycles. The molecule has 7 nitrogen and oxygen atoms in total. The van der Waals surface area contributed by atoms with Gasteiger partial charge in [0.1, 0.15) is 11.5 Å². The van der Waals surface area contributed by atoms with E-state index >= 15 is 0 Å². The van der Waals surface area contributed by atoms with Crippen molar-refractivity contribution in [3.05, 3.63) is 55.0 Å². The Kier molecular flexibility index (Phi) is 6.23. The summed E-state index contributed by atoms with van der Waals surface area (Å²) >= 11 is 6.02. The van der Waals surface area contributed by atoms with Gasteiger partial charge in [0.25, 0.3) is 0 Å². The lowest BCUT2D eigenvalue weighted by molar-refractivity contribution is 0.394. The largest absolute Gasteiger partial charge is 0.497 e. The Hall–Kier alpha value is -3.32. The Morgan fingerprint density at radius 1 is 0.968 bits per heavy atom. The Balaban J connectivity index is 1.78. The van der Waals surface area contributed by atoms with Gasteiger partial charge in [0.15, 0.2) is 0 Å². The number of aromatic nitrogens is 4. The lowest BCUT2D eigenvalue weighted by atomic mass is 10.2. The number of hydrogen-bond acceptors (Lipinski definition) is 6. The van der Waals surface area contributed by atoms with E-state index in [0.717, 1.165) is 58.1 Å². The van der Waals surface area contributed by atoms with Crippen molar-refractivity contribution in [2.75, 3.05) is 31.5 Å². The number of aryl methyl sites for hydroxylation is 1. The molecule has 8 heteroatoms. The number of alkyl halides is 1. The Morgan fingerprint density at radius 3 is 2.39 bits per heavy atom. The second-order valence-electron chi connectivity index (χ2n) is 7.10. The Morgan fingerprint density at radius 2 is 1.74 bits per heavy atom. The van der Waals surface area contributed by atoms with Crippen LogP contribution in [-0.4, -0.2) is 46.4 Å². The number of anilines is 2. The predicted molar refractivity (Wildman–Crippen MR) is 124 cm³/mol. The van der Waals surface area contributed by atoms with Gasteiger partial charge in [0.05, 0.1) is 43.3 Å².